The molecule has 0 saturated carbocycles. The van der Waals surface area contributed by atoms with Gasteiger partial charge < -0.3 is 106 Å². The molecule has 0 aromatic rings. The number of amides is 4. The molecule has 4 amide bonds. The summed E-state index contributed by atoms with van der Waals surface area (Å²) in [6.07, 6.45) is 1.04. The Hall–Kier alpha value is -6.37. The highest BCUT2D eigenvalue weighted by Crippen LogP contribution is 2.55. The minimum absolute atomic E-state index is 0.0340. The largest absolute Gasteiger partial charge is 0.475 e. The molecule has 6 aliphatic heterocycles. The molecule has 0 aliphatic carbocycles. The number of nitrogens with one attached hydrogen (secondary N) is 3. The lowest BCUT2D eigenvalue weighted by Crippen LogP contribution is -2.59. The summed E-state index contributed by atoms with van der Waals surface area (Å²) in [4.78, 5) is 169. The van der Waals surface area contributed by atoms with E-state index in [9.17, 15) is 67.2 Å². The first kappa shape index (κ1) is 131. The number of phosphoric acid groups is 2. The summed E-state index contributed by atoms with van der Waals surface area (Å²) < 4.78 is 167. The van der Waals surface area contributed by atoms with E-state index in [1.807, 2.05) is 6.07 Å². The summed E-state index contributed by atoms with van der Waals surface area (Å²) in [5, 5.41) is 17.7. The van der Waals surface area contributed by atoms with Crippen LogP contribution in [0.4, 0.5) is 0 Å². The molecule has 4 N–H and O–H groups in total. The van der Waals surface area contributed by atoms with Crippen molar-refractivity contribution in [1.29, 1.82) is 5.26 Å². The average Bonchev–Trinajstić information content (AvgIpc) is 1.73. The molecule has 0 aromatic heterocycles. The third kappa shape index (κ3) is 50.4. The van der Waals surface area contributed by atoms with Gasteiger partial charge in [-0.3, -0.25) is 80.2 Å². The number of methoxy groups -OCH3 is 1. The van der Waals surface area contributed by atoms with E-state index >= 15 is 9.59 Å². The number of unbranched alkanes of at least 4 members (excludes halogenated alkanes) is 11. The van der Waals surface area contributed by atoms with Crippen molar-refractivity contribution >= 4 is 86.3 Å². The van der Waals surface area contributed by atoms with Crippen molar-refractivity contribution in [1.82, 2.24) is 20.9 Å². The summed E-state index contributed by atoms with van der Waals surface area (Å²) in [5.41, 5.74) is -1.65. The van der Waals surface area contributed by atoms with Crippen LogP contribution in [-0.2, 0) is 170 Å². The van der Waals surface area contributed by atoms with Crippen molar-refractivity contribution < 1.29 is 176 Å². The highest BCUT2D eigenvalue weighted by Gasteiger charge is 2.51. The average molecular weight is 2180 g/mol. The lowest BCUT2D eigenvalue weighted by Gasteiger charge is -2.43. The second kappa shape index (κ2) is 71.8. The van der Waals surface area contributed by atoms with Crippen molar-refractivity contribution in [3.63, 3.8) is 0 Å². The Kier molecular flexibility index (Phi) is 62.5. The maximum absolute atomic E-state index is 15.0. The smallest absolute Gasteiger partial charge is 0.463 e. The second-order valence-electron chi connectivity index (χ2n) is 41.4. The SMILES string of the molecule is [2H]C[C@H]1O[C@@H](C)[C@H](OCCOC)[C@@H]1OP(=O)(OCCC#N)OC[C@H]1O[C@@H](C)C[C@@H]1OP(=O)(O)OC[C@@H]1C[C@@H](OC(=O)CCC(=O)NC)CN1C(=O)CC(=O)NC(COCCCCCCCCC(=O)CCCCO[C@@H]1OC(COC(C)=O)[C@H](C)[C@H](C)C1C)(COCCC(=O)CCCCCC(=O)CCCCO[C@@H]1OC(COC(C)=O)[C@H](C)[C@H](C)C1C)COCCC(=O)NCCCCC(=O)CCCCO[C@@H]1OC(COC(C)=O)[C@H](C)[C@H](C)C1C. The molecule has 0 spiro atoms. The number of esters is 4. The zero-order valence-electron chi connectivity index (χ0n) is 93.1. The van der Waals surface area contributed by atoms with Gasteiger partial charge >= 0.3 is 39.5 Å². The third-order valence-electron chi connectivity index (χ3n) is 29.3. The normalized spacial score (nSPS) is 28.1. The maximum atomic E-state index is 15.0. The number of Topliss-reactive ketones (excluding diaryl/α,β-unsaturated/α-hetero) is 4. The number of hydrogen-bond acceptors (Lipinski definition) is 37. The molecule has 6 heterocycles. The van der Waals surface area contributed by atoms with Crippen molar-refractivity contribution in [2.24, 2.45) is 53.3 Å². The zero-order valence-corrected chi connectivity index (χ0v) is 93.8. The number of likely N-dealkylation sites (tertiary alicyclic amines) is 1. The Bertz CT molecular complexity index is 4100. The van der Waals surface area contributed by atoms with Gasteiger partial charge in [0, 0.05) is 164 Å². The lowest BCUT2D eigenvalue weighted by molar-refractivity contribution is -0.255. The number of hydrogen-bond donors (Lipinski definition) is 4. The zero-order chi connectivity index (χ0) is 111. The van der Waals surface area contributed by atoms with Gasteiger partial charge in [0.1, 0.15) is 85.4 Å². The highest BCUT2D eigenvalue weighted by atomic mass is 31.2. The fourth-order valence-corrected chi connectivity index (χ4v) is 21.5. The first-order chi connectivity index (χ1) is 72.0. The minimum Gasteiger partial charge on any atom is -0.463 e. The molecule has 862 valence electrons. The lowest BCUT2D eigenvalue weighted by atomic mass is 9.79. The summed E-state index contributed by atoms with van der Waals surface area (Å²) in [5.74, 6) is -2.75. The van der Waals surface area contributed by atoms with Crippen LogP contribution in [0.3, 0.4) is 0 Å². The number of ketones is 4. The van der Waals surface area contributed by atoms with E-state index in [1.54, 1.807) is 13.8 Å². The van der Waals surface area contributed by atoms with Gasteiger partial charge in [-0.2, -0.15) is 5.26 Å². The van der Waals surface area contributed by atoms with Crippen LogP contribution in [0.1, 0.15) is 311 Å². The quantitative estimate of drug-likeness (QED) is 0.0144. The van der Waals surface area contributed by atoms with Gasteiger partial charge in [-0.05, 0) is 133 Å². The highest BCUT2D eigenvalue weighted by molar-refractivity contribution is 7.48. The van der Waals surface area contributed by atoms with Gasteiger partial charge in [0.15, 0.2) is 18.9 Å². The Balaban J connectivity index is 1.13. The number of nitrogens with zero attached hydrogens (tertiary/aromatic N) is 2. The number of ether oxygens (including phenoxy) is 17. The predicted molar refractivity (Wildman–Crippen MR) is 546 cm³/mol. The Morgan fingerprint density at radius 1 is 0.440 bits per heavy atom. The molecule has 6 saturated heterocycles. The Morgan fingerprint density at radius 2 is 0.900 bits per heavy atom. The summed E-state index contributed by atoms with van der Waals surface area (Å²) in [7, 11) is -7.07. The second-order valence-corrected chi connectivity index (χ2v) is 44.4. The molecular formula is C106H181N5O37P2. The summed E-state index contributed by atoms with van der Waals surface area (Å²) in [6.45, 7) is 24.8. The minimum atomic E-state index is -5.23. The van der Waals surface area contributed by atoms with E-state index in [-0.39, 0.29) is 263 Å². The van der Waals surface area contributed by atoms with E-state index in [4.69, 9.17) is 105 Å². The van der Waals surface area contributed by atoms with Crippen molar-refractivity contribution in [2.75, 3.05) is 140 Å². The molecule has 42 nitrogen and oxygen atoms in total. The predicted octanol–water partition coefficient (Wildman–Crippen LogP) is 13.5. The van der Waals surface area contributed by atoms with Crippen LogP contribution in [0.5, 0.6) is 0 Å². The molecule has 6 fully saturated rings. The van der Waals surface area contributed by atoms with Crippen LogP contribution >= 0.6 is 15.6 Å². The first-order valence-corrected chi connectivity index (χ1v) is 57.6. The van der Waals surface area contributed by atoms with Gasteiger partial charge in [-0.15, -0.1) is 0 Å². The topological polar surface area (TPSA) is 525 Å². The third-order valence-corrected chi connectivity index (χ3v) is 31.8. The summed E-state index contributed by atoms with van der Waals surface area (Å²) in [6, 6.07) is 0.703. The number of phosphoric ester groups is 2. The van der Waals surface area contributed by atoms with Crippen molar-refractivity contribution in [3.8, 4) is 6.07 Å². The molecule has 44 heteroatoms. The van der Waals surface area contributed by atoms with Crippen LogP contribution < -0.4 is 16.0 Å². The monoisotopic (exact) mass is 2180 g/mol. The number of rotatable bonds is 80. The molecular weight excluding hydrogens is 2000 g/mol. The van der Waals surface area contributed by atoms with Crippen LogP contribution in [0.25, 0.3) is 0 Å². The molecule has 0 aromatic carbocycles. The standard InChI is InChI=1S/C106H181N5O37P2/c1-70-58-91(95(141-70)66-140-150(126,138-53-35-47-107)148-102-81(12)142-80(11)101(102)131-57-56-127-17)147-149(124,125)139-62-85-59-90(143-100(123)44-43-96(119)108-16)61-111(85)99(122)60-98(121)110-106(67-128-49-31-21-19-18-20-23-36-86(115)40-27-32-50-132-103-77(8)71(2)74(5)92(144-103)63-135-82(13)112,68-129-54-45-89(118)38-25-22-24-37-87(116)41-28-33-51-133-104-78(9)72(3)75(6)93(145-104)64-136-83(14)113)69-130-55-46-97(120)109-48-30-26-39-88(117)42-29-34-52-134-105-79(10)73(4)76(7)94(146-105)65-137-84(15)114/h70-81,85,90-95,101-105H,18-46,48-69H2,1-17H3,(H,108,119)(H,109,120)(H,110,121)(H,124,125)/t70-,71-,72-,73-,74+,75+,76+,77?,78?,79?,80-,81+,85-,90+,91-,92?,93?,94?,95+,101-,102+,103+,104+,105+,106?,150?/m0/s1/i12D. The molecule has 0 bridgehead atoms. The van der Waals surface area contributed by atoms with Crippen LogP contribution in [0.2, 0.25) is 0 Å². The van der Waals surface area contributed by atoms with E-state index in [2.05, 4.69) is 78.3 Å². The fraction of sp³-hybridized carbons (Fsp3) is 0.877. The first-order valence-electron chi connectivity index (χ1n) is 55.3. The molecule has 6 rings (SSSR count). The maximum Gasteiger partial charge on any atom is 0.475 e. The number of carbonyl (C=O) groups is 12. The van der Waals surface area contributed by atoms with E-state index in [0.717, 1.165) is 30.6 Å². The molecule has 6 aliphatic rings. The summed E-state index contributed by atoms with van der Waals surface area (Å²) >= 11 is 0. The van der Waals surface area contributed by atoms with Crippen molar-refractivity contribution in [2.45, 2.75) is 407 Å². The molecule has 0 radical (unpaired) electrons. The number of carbonyl (C=O) groups excluding carboxylic acids is 12. The van der Waals surface area contributed by atoms with Gasteiger partial charge in [0.05, 0.1) is 134 Å². The van der Waals surface area contributed by atoms with Gasteiger partial charge in [-0.1, -0.05) is 94.4 Å². The Morgan fingerprint density at radius 3 is 1.39 bits per heavy atom. The Labute approximate surface area is 890 Å². The van der Waals surface area contributed by atoms with Crippen molar-refractivity contribution in [3.05, 3.63) is 0 Å². The number of nitriles is 1. The van der Waals surface area contributed by atoms with Gasteiger partial charge in [-0.25, -0.2) is 9.13 Å². The van der Waals surface area contributed by atoms with E-state index in [0.29, 0.717) is 142 Å². The molecule has 9 unspecified atom stereocenters. The van der Waals surface area contributed by atoms with Crippen LogP contribution in [0.15, 0.2) is 0 Å². The molecule has 150 heavy (non-hydrogen) atoms. The molecule has 27 atom stereocenters. The van der Waals surface area contributed by atoms with Gasteiger partial charge in [0.25, 0.3) is 0 Å². The van der Waals surface area contributed by atoms with Gasteiger partial charge in [0.2, 0.25) is 23.6 Å². The van der Waals surface area contributed by atoms with Crippen LogP contribution in [0, 0.1) is 64.6 Å². The van der Waals surface area contributed by atoms with E-state index in [1.165, 1.54) is 34.9 Å². The van der Waals surface area contributed by atoms with Crippen LogP contribution in [-0.4, -0.2) is 318 Å². The van der Waals surface area contributed by atoms with E-state index < -0.39 is 145 Å². The fourth-order valence-electron chi connectivity index (χ4n) is 19.1.